The molecule has 5 nitrogen and oxygen atoms in total. The lowest BCUT2D eigenvalue weighted by molar-refractivity contribution is 0.0525. The van der Waals surface area contributed by atoms with Crippen molar-refractivity contribution < 1.29 is 9.53 Å². The molecule has 2 heterocycles. The highest BCUT2D eigenvalue weighted by molar-refractivity contribution is 7.11. The van der Waals surface area contributed by atoms with Gasteiger partial charge in [0.05, 0.1) is 12.3 Å². The number of carbonyl (C=O) groups excluding carboxylic acids is 1. The van der Waals surface area contributed by atoms with E-state index in [0.717, 1.165) is 31.7 Å². The van der Waals surface area contributed by atoms with Gasteiger partial charge in [0, 0.05) is 31.1 Å². The van der Waals surface area contributed by atoms with Gasteiger partial charge < -0.3 is 10.5 Å². The molecule has 1 aliphatic rings. The molecular weight excluding hydrogens is 238 g/mol. The van der Waals surface area contributed by atoms with Crippen molar-refractivity contribution in [2.75, 3.05) is 19.7 Å². The van der Waals surface area contributed by atoms with Gasteiger partial charge in [-0.15, -0.1) is 11.3 Å². The molecule has 1 saturated heterocycles. The fourth-order valence-electron chi connectivity index (χ4n) is 1.90. The minimum Gasteiger partial charge on any atom is -0.461 e. The summed E-state index contributed by atoms with van der Waals surface area (Å²) in [6.07, 6.45) is 1.04. The molecule has 6 heteroatoms. The van der Waals surface area contributed by atoms with E-state index >= 15 is 0 Å². The van der Waals surface area contributed by atoms with Gasteiger partial charge in [-0.2, -0.15) is 0 Å². The van der Waals surface area contributed by atoms with E-state index in [9.17, 15) is 4.79 Å². The Morgan fingerprint density at radius 1 is 1.76 bits per heavy atom. The van der Waals surface area contributed by atoms with Crippen LogP contribution in [0.1, 0.15) is 28.8 Å². The molecule has 2 rings (SSSR count). The standard InChI is InChI=1S/C11H17N3O2S/c1-2-16-11(15)10-13-9(7-17-10)6-14-4-3-8(12)5-14/h7-8H,2-6,12H2,1H3/t8-/m1/s1. The van der Waals surface area contributed by atoms with Gasteiger partial charge in [0.15, 0.2) is 0 Å². The number of hydrogen-bond acceptors (Lipinski definition) is 6. The number of nitrogens with two attached hydrogens (primary N) is 1. The van der Waals surface area contributed by atoms with E-state index in [1.807, 2.05) is 5.38 Å². The maximum absolute atomic E-state index is 11.4. The summed E-state index contributed by atoms with van der Waals surface area (Å²) in [6.45, 7) is 4.86. The zero-order chi connectivity index (χ0) is 12.3. The highest BCUT2D eigenvalue weighted by atomic mass is 32.1. The van der Waals surface area contributed by atoms with Gasteiger partial charge in [0.2, 0.25) is 5.01 Å². The maximum atomic E-state index is 11.4. The molecule has 0 saturated carbocycles. The van der Waals surface area contributed by atoms with Gasteiger partial charge in [0.25, 0.3) is 0 Å². The first kappa shape index (κ1) is 12.5. The van der Waals surface area contributed by atoms with Crippen LogP contribution in [0.5, 0.6) is 0 Å². The lowest BCUT2D eigenvalue weighted by Gasteiger charge is -2.12. The molecule has 0 aromatic carbocycles. The van der Waals surface area contributed by atoms with Crippen LogP contribution in [0.4, 0.5) is 0 Å². The number of esters is 1. The second-order valence-corrected chi connectivity index (χ2v) is 5.01. The number of rotatable bonds is 4. The molecule has 0 spiro atoms. The average Bonchev–Trinajstić information content (AvgIpc) is 2.89. The summed E-state index contributed by atoms with van der Waals surface area (Å²) in [7, 11) is 0. The molecule has 1 aromatic heterocycles. The fourth-order valence-corrected chi connectivity index (χ4v) is 2.60. The van der Waals surface area contributed by atoms with Crippen LogP contribution in [0, 0.1) is 0 Å². The zero-order valence-corrected chi connectivity index (χ0v) is 10.7. The van der Waals surface area contributed by atoms with E-state index in [-0.39, 0.29) is 12.0 Å². The van der Waals surface area contributed by atoms with Crippen molar-refractivity contribution >= 4 is 17.3 Å². The van der Waals surface area contributed by atoms with E-state index in [0.29, 0.717) is 11.6 Å². The van der Waals surface area contributed by atoms with Crippen LogP contribution in [-0.4, -0.2) is 41.6 Å². The Morgan fingerprint density at radius 2 is 2.59 bits per heavy atom. The van der Waals surface area contributed by atoms with Crippen LogP contribution in [-0.2, 0) is 11.3 Å². The molecule has 1 aliphatic heterocycles. The molecule has 17 heavy (non-hydrogen) atoms. The van der Waals surface area contributed by atoms with Crippen LogP contribution in [0.2, 0.25) is 0 Å². The molecule has 2 N–H and O–H groups in total. The minimum absolute atomic E-state index is 0.276. The third-order valence-corrected chi connectivity index (χ3v) is 3.57. The molecular formula is C11H17N3O2S. The van der Waals surface area contributed by atoms with Gasteiger partial charge in [-0.05, 0) is 13.3 Å². The summed E-state index contributed by atoms with van der Waals surface area (Å²) in [5.41, 5.74) is 6.76. The Balaban J connectivity index is 1.92. The molecule has 94 valence electrons. The van der Waals surface area contributed by atoms with Crippen molar-refractivity contribution in [1.29, 1.82) is 0 Å². The molecule has 1 aromatic rings. The highest BCUT2D eigenvalue weighted by Gasteiger charge is 2.20. The quantitative estimate of drug-likeness (QED) is 0.808. The second-order valence-electron chi connectivity index (χ2n) is 4.15. The molecule has 0 amide bonds. The maximum Gasteiger partial charge on any atom is 0.367 e. The average molecular weight is 255 g/mol. The third-order valence-electron chi connectivity index (χ3n) is 2.70. The Hall–Kier alpha value is -0.980. The number of ether oxygens (including phenoxy) is 1. The summed E-state index contributed by atoms with van der Waals surface area (Å²) in [5.74, 6) is -0.332. The Bertz CT molecular complexity index is 394. The van der Waals surface area contributed by atoms with Gasteiger partial charge in [0.1, 0.15) is 0 Å². The van der Waals surface area contributed by atoms with Crippen molar-refractivity contribution in [1.82, 2.24) is 9.88 Å². The lowest BCUT2D eigenvalue weighted by atomic mass is 10.3. The summed E-state index contributed by atoms with van der Waals surface area (Å²) in [5, 5.41) is 2.35. The summed E-state index contributed by atoms with van der Waals surface area (Å²) < 4.78 is 4.90. The highest BCUT2D eigenvalue weighted by Crippen LogP contribution is 2.15. The van der Waals surface area contributed by atoms with Crippen LogP contribution in [0.15, 0.2) is 5.38 Å². The van der Waals surface area contributed by atoms with Crippen LogP contribution in [0.3, 0.4) is 0 Å². The van der Waals surface area contributed by atoms with Gasteiger partial charge in [-0.3, -0.25) is 4.90 Å². The number of aromatic nitrogens is 1. The van der Waals surface area contributed by atoms with Crippen LogP contribution in [0.25, 0.3) is 0 Å². The Kier molecular flexibility index (Phi) is 4.09. The molecule has 0 radical (unpaired) electrons. The van der Waals surface area contributed by atoms with E-state index in [2.05, 4.69) is 9.88 Å². The predicted molar refractivity (Wildman–Crippen MR) is 65.9 cm³/mol. The van der Waals surface area contributed by atoms with Crippen molar-refractivity contribution in [2.45, 2.75) is 25.9 Å². The normalized spacial score (nSPS) is 20.7. The monoisotopic (exact) mass is 255 g/mol. The molecule has 1 fully saturated rings. The first-order valence-corrected chi connectivity index (χ1v) is 6.66. The Labute approximate surface area is 105 Å². The molecule has 0 bridgehead atoms. The summed E-state index contributed by atoms with van der Waals surface area (Å²) in [4.78, 5) is 18.0. The number of hydrogen-bond donors (Lipinski definition) is 1. The summed E-state index contributed by atoms with van der Waals surface area (Å²) >= 11 is 1.34. The molecule has 0 aliphatic carbocycles. The third kappa shape index (κ3) is 3.24. The molecule has 1 atom stereocenters. The van der Waals surface area contributed by atoms with Crippen LogP contribution >= 0.6 is 11.3 Å². The van der Waals surface area contributed by atoms with E-state index in [1.54, 1.807) is 6.92 Å². The zero-order valence-electron chi connectivity index (χ0n) is 9.89. The number of nitrogens with zero attached hydrogens (tertiary/aromatic N) is 2. The van der Waals surface area contributed by atoms with E-state index in [1.165, 1.54) is 11.3 Å². The first-order chi connectivity index (χ1) is 8.19. The largest absolute Gasteiger partial charge is 0.461 e. The number of thiazole rings is 1. The van der Waals surface area contributed by atoms with Crippen molar-refractivity contribution in [3.05, 3.63) is 16.1 Å². The van der Waals surface area contributed by atoms with Gasteiger partial charge in [-0.25, -0.2) is 9.78 Å². The topological polar surface area (TPSA) is 68.5 Å². The van der Waals surface area contributed by atoms with Crippen molar-refractivity contribution in [3.8, 4) is 0 Å². The lowest BCUT2D eigenvalue weighted by Crippen LogP contribution is -2.26. The second kappa shape index (κ2) is 5.57. The summed E-state index contributed by atoms with van der Waals surface area (Å²) in [6, 6.07) is 0.276. The molecule has 0 unspecified atom stereocenters. The van der Waals surface area contributed by atoms with Crippen molar-refractivity contribution in [3.63, 3.8) is 0 Å². The van der Waals surface area contributed by atoms with Gasteiger partial charge >= 0.3 is 5.97 Å². The minimum atomic E-state index is -0.332. The van der Waals surface area contributed by atoms with Crippen LogP contribution < -0.4 is 5.73 Å². The number of carbonyl (C=O) groups is 1. The SMILES string of the molecule is CCOC(=O)c1nc(CN2CC[C@@H](N)C2)cs1. The predicted octanol–water partition coefficient (Wildman–Crippen LogP) is 0.853. The van der Waals surface area contributed by atoms with Gasteiger partial charge in [-0.1, -0.05) is 0 Å². The number of likely N-dealkylation sites (tertiary alicyclic amines) is 1. The first-order valence-electron chi connectivity index (χ1n) is 5.78. The van der Waals surface area contributed by atoms with E-state index in [4.69, 9.17) is 10.5 Å². The van der Waals surface area contributed by atoms with E-state index < -0.39 is 0 Å². The van der Waals surface area contributed by atoms with Crippen molar-refractivity contribution in [2.24, 2.45) is 5.73 Å². The Morgan fingerprint density at radius 3 is 3.24 bits per heavy atom. The smallest absolute Gasteiger partial charge is 0.367 e. The fraction of sp³-hybridized carbons (Fsp3) is 0.636.